The summed E-state index contributed by atoms with van der Waals surface area (Å²) in [5.41, 5.74) is 6.41. The van der Waals surface area contributed by atoms with Crippen molar-refractivity contribution in [2.75, 3.05) is 0 Å². The van der Waals surface area contributed by atoms with E-state index in [1.54, 1.807) is 6.07 Å². The number of phenolic OH excluding ortho intramolecular Hbond substituents is 1. The van der Waals surface area contributed by atoms with E-state index in [0.717, 1.165) is 25.7 Å². The van der Waals surface area contributed by atoms with Crippen LogP contribution in [0, 0.1) is 5.41 Å². The van der Waals surface area contributed by atoms with E-state index in [1.807, 2.05) is 12.1 Å². The summed E-state index contributed by atoms with van der Waals surface area (Å²) in [6.45, 7) is 2.12. The van der Waals surface area contributed by atoms with Gasteiger partial charge in [0.05, 0.1) is 5.41 Å². The SMILES string of the molecule is C[C@]12CCC3=C(CCc4cc(O)ccc43)C1=CCC2=O. The van der Waals surface area contributed by atoms with Gasteiger partial charge in [-0.1, -0.05) is 12.1 Å². The minimum absolute atomic E-state index is 0.229. The Bertz CT molecular complexity index is 693. The summed E-state index contributed by atoms with van der Waals surface area (Å²) in [6.07, 6.45) is 6.63. The van der Waals surface area contributed by atoms with Crippen LogP contribution in [0.5, 0.6) is 5.75 Å². The number of aromatic hydroxyl groups is 1. The Hall–Kier alpha value is -1.83. The van der Waals surface area contributed by atoms with Crippen LogP contribution in [-0.2, 0) is 11.2 Å². The van der Waals surface area contributed by atoms with Crippen molar-refractivity contribution in [3.8, 4) is 5.75 Å². The molecule has 0 spiro atoms. The number of hydrogen-bond donors (Lipinski definition) is 1. The topological polar surface area (TPSA) is 37.3 Å². The maximum absolute atomic E-state index is 12.2. The third-order valence-electron chi connectivity index (χ3n) is 5.32. The molecule has 0 fully saturated rings. The highest BCUT2D eigenvalue weighted by molar-refractivity contribution is 5.96. The van der Waals surface area contributed by atoms with Crippen molar-refractivity contribution in [1.29, 1.82) is 0 Å². The number of hydrogen-bond acceptors (Lipinski definition) is 2. The van der Waals surface area contributed by atoms with E-state index < -0.39 is 0 Å². The Labute approximate surface area is 118 Å². The second kappa shape index (κ2) is 3.85. The van der Waals surface area contributed by atoms with Gasteiger partial charge in [-0.05, 0) is 72.6 Å². The van der Waals surface area contributed by atoms with Gasteiger partial charge in [-0.25, -0.2) is 0 Å². The molecule has 1 atom stereocenters. The highest BCUT2D eigenvalue weighted by Gasteiger charge is 2.45. The quantitative estimate of drug-likeness (QED) is 0.775. The fourth-order valence-corrected chi connectivity index (χ4v) is 4.14. The number of Topliss-reactive ketones (excluding diaryl/α,β-unsaturated/α-hetero) is 1. The summed E-state index contributed by atoms with van der Waals surface area (Å²) in [7, 11) is 0. The Balaban J connectivity index is 1.89. The lowest BCUT2D eigenvalue weighted by molar-refractivity contribution is -0.124. The molecule has 0 saturated heterocycles. The monoisotopic (exact) mass is 266 g/mol. The van der Waals surface area contributed by atoms with Crippen LogP contribution in [-0.4, -0.2) is 10.9 Å². The smallest absolute Gasteiger partial charge is 0.146 e. The molecule has 0 unspecified atom stereocenters. The van der Waals surface area contributed by atoms with Gasteiger partial charge in [0, 0.05) is 6.42 Å². The van der Waals surface area contributed by atoms with Crippen molar-refractivity contribution in [2.45, 2.75) is 39.0 Å². The standard InChI is InChI=1S/C18H18O2/c1-18-9-8-14-13-5-3-12(19)10-11(13)2-4-15(14)16(18)6-7-17(18)20/h3,5-6,10,19H,2,4,7-9H2,1H3/t18-/m0/s1. The van der Waals surface area contributed by atoms with Gasteiger partial charge in [-0.15, -0.1) is 0 Å². The maximum Gasteiger partial charge on any atom is 0.146 e. The minimum atomic E-state index is -0.229. The molecule has 1 N–H and O–H groups in total. The molecular weight excluding hydrogens is 248 g/mol. The van der Waals surface area contributed by atoms with Crippen molar-refractivity contribution in [2.24, 2.45) is 5.41 Å². The first kappa shape index (κ1) is 12.0. The van der Waals surface area contributed by atoms with E-state index in [4.69, 9.17) is 0 Å². The maximum atomic E-state index is 12.2. The number of phenols is 1. The number of carbonyl (C=O) groups is 1. The molecule has 0 aromatic heterocycles. The van der Waals surface area contributed by atoms with Gasteiger partial charge in [0.2, 0.25) is 0 Å². The van der Waals surface area contributed by atoms with Crippen LogP contribution in [0.25, 0.3) is 5.57 Å². The van der Waals surface area contributed by atoms with Crippen molar-refractivity contribution in [3.63, 3.8) is 0 Å². The van der Waals surface area contributed by atoms with Crippen molar-refractivity contribution in [1.82, 2.24) is 0 Å². The van der Waals surface area contributed by atoms with Gasteiger partial charge < -0.3 is 5.11 Å². The van der Waals surface area contributed by atoms with Crippen LogP contribution in [0.4, 0.5) is 0 Å². The largest absolute Gasteiger partial charge is 0.508 e. The Kier molecular flexibility index (Phi) is 2.30. The van der Waals surface area contributed by atoms with Gasteiger partial charge in [0.25, 0.3) is 0 Å². The molecular formula is C18H18O2. The van der Waals surface area contributed by atoms with Crippen LogP contribution in [0.2, 0.25) is 0 Å². The zero-order valence-corrected chi connectivity index (χ0v) is 11.7. The zero-order valence-electron chi connectivity index (χ0n) is 11.7. The number of benzene rings is 1. The molecule has 0 bridgehead atoms. The first-order valence-corrected chi connectivity index (χ1v) is 7.38. The number of rotatable bonds is 0. The summed E-state index contributed by atoms with van der Waals surface area (Å²) in [6, 6.07) is 5.71. The molecule has 2 heteroatoms. The molecule has 20 heavy (non-hydrogen) atoms. The molecule has 0 saturated carbocycles. The highest BCUT2D eigenvalue weighted by Crippen LogP contribution is 2.53. The lowest BCUT2D eigenvalue weighted by Gasteiger charge is -2.37. The molecule has 1 aromatic carbocycles. The summed E-state index contributed by atoms with van der Waals surface area (Å²) >= 11 is 0. The van der Waals surface area contributed by atoms with Crippen molar-refractivity contribution < 1.29 is 9.90 Å². The van der Waals surface area contributed by atoms with Gasteiger partial charge >= 0.3 is 0 Å². The molecule has 0 heterocycles. The van der Waals surface area contributed by atoms with Crippen LogP contribution < -0.4 is 0 Å². The molecule has 3 aliphatic carbocycles. The van der Waals surface area contributed by atoms with E-state index in [2.05, 4.69) is 13.0 Å². The second-order valence-corrected chi connectivity index (χ2v) is 6.38. The number of ketones is 1. The highest BCUT2D eigenvalue weighted by atomic mass is 16.3. The fourth-order valence-electron chi connectivity index (χ4n) is 4.14. The molecule has 0 aliphatic heterocycles. The third kappa shape index (κ3) is 1.42. The Morgan fingerprint density at radius 3 is 2.85 bits per heavy atom. The van der Waals surface area contributed by atoms with Crippen LogP contribution in [0.3, 0.4) is 0 Å². The van der Waals surface area contributed by atoms with Crippen LogP contribution in [0.1, 0.15) is 43.7 Å². The number of aryl methyl sites for hydroxylation is 1. The number of allylic oxidation sites excluding steroid dienone is 4. The molecule has 0 amide bonds. The summed E-state index contributed by atoms with van der Waals surface area (Å²) in [5, 5.41) is 9.64. The number of carbonyl (C=O) groups excluding carboxylic acids is 1. The van der Waals surface area contributed by atoms with Gasteiger partial charge in [-0.3, -0.25) is 4.79 Å². The van der Waals surface area contributed by atoms with Gasteiger partial charge in [0.1, 0.15) is 11.5 Å². The van der Waals surface area contributed by atoms with Crippen LogP contribution >= 0.6 is 0 Å². The molecule has 4 rings (SSSR count). The van der Waals surface area contributed by atoms with Crippen molar-refractivity contribution >= 4 is 11.4 Å². The molecule has 1 aromatic rings. The minimum Gasteiger partial charge on any atom is -0.508 e. The molecule has 2 nitrogen and oxygen atoms in total. The van der Waals surface area contributed by atoms with E-state index >= 15 is 0 Å². The predicted molar refractivity (Wildman–Crippen MR) is 78.4 cm³/mol. The average Bonchev–Trinajstić information content (AvgIpc) is 2.74. The Morgan fingerprint density at radius 2 is 2.00 bits per heavy atom. The zero-order chi connectivity index (χ0) is 13.9. The molecule has 102 valence electrons. The second-order valence-electron chi connectivity index (χ2n) is 6.38. The fraction of sp³-hybridized carbons (Fsp3) is 0.389. The average molecular weight is 266 g/mol. The first-order valence-electron chi connectivity index (χ1n) is 7.38. The predicted octanol–water partition coefficient (Wildman–Crippen LogP) is 3.79. The van der Waals surface area contributed by atoms with E-state index in [-0.39, 0.29) is 5.41 Å². The lowest BCUT2D eigenvalue weighted by atomic mass is 9.65. The number of fused-ring (bicyclic) bond motifs is 4. The third-order valence-corrected chi connectivity index (χ3v) is 5.32. The first-order chi connectivity index (χ1) is 9.59. The Morgan fingerprint density at radius 1 is 1.15 bits per heavy atom. The summed E-state index contributed by atoms with van der Waals surface area (Å²) < 4.78 is 0. The van der Waals surface area contributed by atoms with Gasteiger partial charge in [0.15, 0.2) is 0 Å². The van der Waals surface area contributed by atoms with Gasteiger partial charge in [-0.2, -0.15) is 0 Å². The van der Waals surface area contributed by atoms with E-state index in [0.29, 0.717) is 18.0 Å². The summed E-state index contributed by atoms with van der Waals surface area (Å²) in [4.78, 5) is 12.2. The van der Waals surface area contributed by atoms with E-state index in [1.165, 1.54) is 27.8 Å². The normalized spacial score (nSPS) is 27.9. The summed E-state index contributed by atoms with van der Waals surface area (Å²) in [5.74, 6) is 0.735. The van der Waals surface area contributed by atoms with Crippen molar-refractivity contribution in [3.05, 3.63) is 46.5 Å². The molecule has 0 radical (unpaired) electrons. The molecule has 3 aliphatic rings. The van der Waals surface area contributed by atoms with Crippen LogP contribution in [0.15, 0.2) is 35.4 Å². The lowest BCUT2D eigenvalue weighted by Crippen LogP contribution is -2.30. The van der Waals surface area contributed by atoms with E-state index in [9.17, 15) is 9.90 Å².